The zero-order valence-corrected chi connectivity index (χ0v) is 16.5. The second-order valence-corrected chi connectivity index (χ2v) is 7.25. The molecule has 30 heavy (non-hydrogen) atoms. The van der Waals surface area contributed by atoms with Crippen LogP contribution in [-0.4, -0.2) is 32.0 Å². The van der Waals surface area contributed by atoms with Crippen molar-refractivity contribution in [3.8, 4) is 11.8 Å². The molecule has 0 bridgehead atoms. The maximum atomic E-state index is 11.1. The number of fused-ring (bicyclic) bond motifs is 2. The van der Waals surface area contributed by atoms with Gasteiger partial charge in [-0.25, -0.2) is 4.98 Å². The fourth-order valence-electron chi connectivity index (χ4n) is 3.57. The van der Waals surface area contributed by atoms with Crippen LogP contribution in [-0.2, 0) is 13.1 Å². The highest BCUT2D eigenvalue weighted by Gasteiger charge is 2.13. The van der Waals surface area contributed by atoms with Crippen LogP contribution in [0.15, 0.2) is 48.8 Å². The molecule has 1 aliphatic heterocycles. The summed E-state index contributed by atoms with van der Waals surface area (Å²) in [4.78, 5) is 15.6. The normalized spacial score (nSPS) is 12.8. The van der Waals surface area contributed by atoms with E-state index in [-0.39, 0.29) is 0 Å². The molecule has 1 aliphatic rings. The largest absolute Gasteiger partial charge is 0.336 e. The summed E-state index contributed by atoms with van der Waals surface area (Å²) in [5.41, 5.74) is 6.07. The third-order valence-electron chi connectivity index (χ3n) is 5.19. The van der Waals surface area contributed by atoms with E-state index >= 15 is 0 Å². The highest BCUT2D eigenvalue weighted by Crippen LogP contribution is 2.22. The Bertz CT molecular complexity index is 1300. The number of nitrogens with zero attached hydrogens (tertiary/aromatic N) is 4. The monoisotopic (exact) mass is 396 g/mol. The van der Waals surface area contributed by atoms with Gasteiger partial charge in [0.15, 0.2) is 11.5 Å². The average molecular weight is 396 g/mol. The number of anilines is 2. The number of hydrogen-bond donors (Lipinski definition) is 2. The number of imidazole rings is 1. The number of carbonyl (C=O) groups excluding carboxylic acids is 1. The fourth-order valence-corrected chi connectivity index (χ4v) is 3.57. The minimum Gasteiger partial charge on any atom is -0.336 e. The molecule has 0 aliphatic carbocycles. The van der Waals surface area contributed by atoms with E-state index in [4.69, 9.17) is 0 Å². The standard InChI is InChI=1S/C23H20N6O/c1-16-4-5-17(15-30)11-18(16)6-7-19-14-25-23-21(3-2-9-28(19)23)26-22-12-20-13-24-8-10-29(20)27-22/h2-5,9,11-12,14-15,24H,8,10,13H2,1H3,(H,26,27). The van der Waals surface area contributed by atoms with Gasteiger partial charge in [-0.3, -0.25) is 13.9 Å². The van der Waals surface area contributed by atoms with Gasteiger partial charge in [0.1, 0.15) is 12.0 Å². The average Bonchev–Trinajstić information content (AvgIpc) is 3.37. The van der Waals surface area contributed by atoms with Crippen LogP contribution in [0.3, 0.4) is 0 Å². The molecule has 7 nitrogen and oxygen atoms in total. The van der Waals surface area contributed by atoms with Gasteiger partial charge in [-0.1, -0.05) is 18.1 Å². The molecule has 148 valence electrons. The van der Waals surface area contributed by atoms with Crippen LogP contribution in [0.25, 0.3) is 5.65 Å². The van der Waals surface area contributed by atoms with Gasteiger partial charge in [0.05, 0.1) is 24.1 Å². The third-order valence-corrected chi connectivity index (χ3v) is 5.19. The van der Waals surface area contributed by atoms with Crippen molar-refractivity contribution in [3.63, 3.8) is 0 Å². The predicted molar refractivity (Wildman–Crippen MR) is 115 cm³/mol. The van der Waals surface area contributed by atoms with Gasteiger partial charge in [-0.05, 0) is 36.6 Å². The lowest BCUT2D eigenvalue weighted by atomic mass is 10.1. The van der Waals surface area contributed by atoms with E-state index in [9.17, 15) is 4.79 Å². The molecule has 0 amide bonds. The number of aldehydes is 1. The lowest BCUT2D eigenvalue weighted by molar-refractivity contribution is 0.112. The zero-order chi connectivity index (χ0) is 20.5. The van der Waals surface area contributed by atoms with E-state index in [1.807, 2.05) is 40.4 Å². The zero-order valence-electron chi connectivity index (χ0n) is 16.5. The summed E-state index contributed by atoms with van der Waals surface area (Å²) in [5, 5.41) is 11.4. The third kappa shape index (κ3) is 3.34. The van der Waals surface area contributed by atoms with Gasteiger partial charge in [-0.15, -0.1) is 0 Å². The lowest BCUT2D eigenvalue weighted by Gasteiger charge is -2.13. The first-order chi connectivity index (χ1) is 14.7. The Morgan fingerprint density at radius 3 is 3.03 bits per heavy atom. The first-order valence-electron chi connectivity index (χ1n) is 9.80. The molecule has 0 radical (unpaired) electrons. The number of aromatic nitrogens is 4. The van der Waals surface area contributed by atoms with Gasteiger partial charge in [-0.2, -0.15) is 5.10 Å². The van der Waals surface area contributed by atoms with E-state index in [1.165, 1.54) is 5.69 Å². The quantitative estimate of drug-likeness (QED) is 0.411. The summed E-state index contributed by atoms with van der Waals surface area (Å²) in [7, 11) is 0. The Morgan fingerprint density at radius 2 is 2.17 bits per heavy atom. The minimum absolute atomic E-state index is 0.618. The van der Waals surface area contributed by atoms with E-state index in [0.29, 0.717) is 5.56 Å². The molecule has 3 aromatic heterocycles. The van der Waals surface area contributed by atoms with Crippen molar-refractivity contribution in [2.45, 2.75) is 20.0 Å². The van der Waals surface area contributed by atoms with E-state index in [1.54, 1.807) is 18.3 Å². The smallest absolute Gasteiger partial charge is 0.161 e. The van der Waals surface area contributed by atoms with Crippen LogP contribution in [0.1, 0.15) is 32.9 Å². The van der Waals surface area contributed by atoms with Gasteiger partial charge in [0, 0.05) is 36.5 Å². The molecular weight excluding hydrogens is 376 g/mol. The van der Waals surface area contributed by atoms with Crippen molar-refractivity contribution in [1.29, 1.82) is 0 Å². The molecule has 2 N–H and O–H groups in total. The van der Waals surface area contributed by atoms with Gasteiger partial charge in [0.2, 0.25) is 0 Å². The molecule has 4 heterocycles. The van der Waals surface area contributed by atoms with Crippen molar-refractivity contribution in [1.82, 2.24) is 24.5 Å². The summed E-state index contributed by atoms with van der Waals surface area (Å²) in [6, 6.07) is 11.5. The number of pyridine rings is 1. The first-order valence-corrected chi connectivity index (χ1v) is 9.80. The molecule has 7 heteroatoms. The number of nitrogens with one attached hydrogen (secondary N) is 2. The molecule has 0 spiro atoms. The molecule has 5 rings (SSSR count). The second-order valence-electron chi connectivity index (χ2n) is 7.25. The molecule has 0 unspecified atom stereocenters. The van der Waals surface area contributed by atoms with E-state index < -0.39 is 0 Å². The predicted octanol–water partition coefficient (Wildman–Crippen LogP) is 2.90. The number of rotatable bonds is 3. The molecular formula is C23H20N6O. The number of aryl methyl sites for hydroxylation is 1. The Morgan fingerprint density at radius 1 is 1.23 bits per heavy atom. The highest BCUT2D eigenvalue weighted by atomic mass is 16.1. The molecule has 0 fully saturated rings. The molecule has 1 aromatic carbocycles. The number of hydrogen-bond acceptors (Lipinski definition) is 5. The van der Waals surface area contributed by atoms with E-state index in [0.717, 1.165) is 59.9 Å². The molecule has 0 atom stereocenters. The van der Waals surface area contributed by atoms with Crippen molar-refractivity contribution in [2.24, 2.45) is 0 Å². The maximum Gasteiger partial charge on any atom is 0.161 e. The van der Waals surface area contributed by atoms with Crippen LogP contribution in [0, 0.1) is 18.8 Å². The Hall–Kier alpha value is -3.89. The van der Waals surface area contributed by atoms with Crippen molar-refractivity contribution >= 4 is 23.4 Å². The molecule has 4 aromatic rings. The first kappa shape index (κ1) is 18.2. The fraction of sp³-hybridized carbons (Fsp3) is 0.174. The van der Waals surface area contributed by atoms with Crippen molar-refractivity contribution in [2.75, 3.05) is 11.9 Å². The summed E-state index contributed by atoms with van der Waals surface area (Å²) in [6.07, 6.45) is 4.53. The van der Waals surface area contributed by atoms with Gasteiger partial charge >= 0.3 is 0 Å². The van der Waals surface area contributed by atoms with Crippen molar-refractivity contribution in [3.05, 3.63) is 76.9 Å². The SMILES string of the molecule is Cc1ccc(C=O)cc1C#Cc1cnc2c(Nc3cc4n(n3)CCNC4)cccn12. The minimum atomic E-state index is 0.618. The number of carbonyl (C=O) groups is 1. The summed E-state index contributed by atoms with van der Waals surface area (Å²) in [5.74, 6) is 7.16. The highest BCUT2D eigenvalue weighted by molar-refractivity contribution is 5.76. The van der Waals surface area contributed by atoms with E-state index in [2.05, 4.69) is 38.6 Å². The summed E-state index contributed by atoms with van der Waals surface area (Å²) < 4.78 is 3.98. The van der Waals surface area contributed by atoms with Gasteiger partial charge < -0.3 is 10.6 Å². The second kappa shape index (κ2) is 7.50. The van der Waals surface area contributed by atoms with Crippen LogP contribution < -0.4 is 10.6 Å². The molecule has 0 saturated heterocycles. The number of benzene rings is 1. The maximum absolute atomic E-state index is 11.1. The van der Waals surface area contributed by atoms with Crippen LogP contribution in [0.5, 0.6) is 0 Å². The Balaban J connectivity index is 1.47. The lowest BCUT2D eigenvalue weighted by Crippen LogP contribution is -2.28. The van der Waals surface area contributed by atoms with Crippen molar-refractivity contribution < 1.29 is 4.79 Å². The van der Waals surface area contributed by atoms with Crippen LogP contribution >= 0.6 is 0 Å². The Labute approximate surface area is 173 Å². The topological polar surface area (TPSA) is 76.2 Å². The van der Waals surface area contributed by atoms with Crippen LogP contribution in [0.4, 0.5) is 11.5 Å². The summed E-state index contributed by atoms with van der Waals surface area (Å²) in [6.45, 7) is 4.61. The summed E-state index contributed by atoms with van der Waals surface area (Å²) >= 11 is 0. The van der Waals surface area contributed by atoms with Gasteiger partial charge in [0.25, 0.3) is 0 Å². The van der Waals surface area contributed by atoms with Crippen LogP contribution in [0.2, 0.25) is 0 Å². The Kier molecular flexibility index (Phi) is 4.54. The molecule has 0 saturated carbocycles.